The molecule has 0 bridgehead atoms. The fraction of sp³-hybridized carbons (Fsp3) is 0.364. The van der Waals surface area contributed by atoms with Crippen LogP contribution < -0.4 is 0 Å². The van der Waals surface area contributed by atoms with Crippen LogP contribution in [0, 0.1) is 10.1 Å². The smallest absolute Gasteiger partial charge is 0.290 e. The topological polar surface area (TPSA) is 126 Å². The van der Waals surface area contributed by atoms with E-state index in [9.17, 15) is 24.8 Å². The van der Waals surface area contributed by atoms with Crippen LogP contribution in [0.5, 0.6) is 0 Å². The first-order valence-corrected chi connectivity index (χ1v) is 10.3. The maximum Gasteiger partial charge on any atom is 0.290 e. The van der Waals surface area contributed by atoms with Crippen LogP contribution in [0.4, 0.5) is 5.69 Å². The van der Waals surface area contributed by atoms with Crippen LogP contribution in [-0.2, 0) is 9.53 Å². The van der Waals surface area contributed by atoms with Crippen molar-refractivity contribution in [2.75, 3.05) is 39.4 Å². The quantitative estimate of drug-likeness (QED) is 0.376. The number of aliphatic hydroxyl groups excluding tert-OH is 1. The van der Waals surface area contributed by atoms with Crippen molar-refractivity contribution in [1.82, 2.24) is 9.80 Å². The molecule has 0 saturated carbocycles. The van der Waals surface area contributed by atoms with Crippen LogP contribution in [0.25, 0.3) is 0 Å². The number of hydrogen-bond acceptors (Lipinski definition) is 8. The second-order valence-corrected chi connectivity index (χ2v) is 7.63. The van der Waals surface area contributed by atoms with E-state index in [1.165, 1.54) is 41.5 Å². The highest BCUT2D eigenvalue weighted by molar-refractivity contribution is 6.15. The van der Waals surface area contributed by atoms with Gasteiger partial charge < -0.3 is 19.2 Å². The van der Waals surface area contributed by atoms with E-state index >= 15 is 0 Å². The number of carbonyl (C=O) groups excluding carboxylic acids is 2. The van der Waals surface area contributed by atoms with Crippen molar-refractivity contribution in [1.29, 1.82) is 0 Å². The first-order valence-electron chi connectivity index (χ1n) is 10.3. The number of aliphatic hydroxyl groups is 1. The van der Waals surface area contributed by atoms with Crippen molar-refractivity contribution in [2.24, 2.45) is 0 Å². The summed E-state index contributed by atoms with van der Waals surface area (Å²) in [6, 6.07) is 7.77. The van der Waals surface area contributed by atoms with Crippen LogP contribution in [0.3, 0.4) is 0 Å². The van der Waals surface area contributed by atoms with Gasteiger partial charge in [-0.25, -0.2) is 0 Å². The predicted octanol–water partition coefficient (Wildman–Crippen LogP) is 2.49. The summed E-state index contributed by atoms with van der Waals surface area (Å²) in [5.41, 5.74) is 0.0640. The van der Waals surface area contributed by atoms with Crippen LogP contribution in [0.2, 0.25) is 0 Å². The largest absolute Gasteiger partial charge is 0.503 e. The van der Waals surface area contributed by atoms with E-state index in [-0.39, 0.29) is 23.6 Å². The highest BCUT2D eigenvalue weighted by Crippen LogP contribution is 2.40. The third-order valence-corrected chi connectivity index (χ3v) is 5.67. The summed E-state index contributed by atoms with van der Waals surface area (Å²) in [4.78, 5) is 40.4. The average Bonchev–Trinajstić information content (AvgIpc) is 3.43. The van der Waals surface area contributed by atoms with Gasteiger partial charge in [0, 0.05) is 38.3 Å². The van der Waals surface area contributed by atoms with Gasteiger partial charge in [-0.3, -0.25) is 24.6 Å². The predicted molar refractivity (Wildman–Crippen MR) is 112 cm³/mol. The minimum absolute atomic E-state index is 0.0232. The normalized spacial score (nSPS) is 19.6. The summed E-state index contributed by atoms with van der Waals surface area (Å²) >= 11 is 0. The lowest BCUT2D eigenvalue weighted by Gasteiger charge is -2.29. The number of ether oxygens (including phenoxy) is 1. The van der Waals surface area contributed by atoms with E-state index in [2.05, 4.69) is 4.90 Å². The van der Waals surface area contributed by atoms with E-state index in [1.807, 2.05) is 0 Å². The first-order chi connectivity index (χ1) is 15.5. The Hall–Kier alpha value is -3.50. The first kappa shape index (κ1) is 21.7. The Balaban J connectivity index is 1.64. The number of hydrogen-bond donors (Lipinski definition) is 1. The number of non-ortho nitro benzene ring substituents is 1. The second-order valence-electron chi connectivity index (χ2n) is 7.63. The van der Waals surface area contributed by atoms with E-state index in [0.717, 1.165) is 19.6 Å². The Kier molecular flexibility index (Phi) is 6.33. The third kappa shape index (κ3) is 4.27. The average molecular weight is 441 g/mol. The molecular formula is C22H23N3O7. The Morgan fingerprint density at radius 2 is 1.97 bits per heavy atom. The van der Waals surface area contributed by atoms with E-state index in [0.29, 0.717) is 25.2 Å². The van der Waals surface area contributed by atoms with Crippen molar-refractivity contribution >= 4 is 17.4 Å². The zero-order valence-electron chi connectivity index (χ0n) is 17.3. The molecule has 168 valence electrons. The van der Waals surface area contributed by atoms with Crippen LogP contribution in [0.1, 0.15) is 28.6 Å². The number of morpholine rings is 1. The fourth-order valence-electron chi connectivity index (χ4n) is 4.10. The van der Waals surface area contributed by atoms with Gasteiger partial charge in [0.15, 0.2) is 11.5 Å². The molecule has 4 rings (SSSR count). The number of nitrogens with zero attached hydrogens (tertiary/aromatic N) is 3. The summed E-state index contributed by atoms with van der Waals surface area (Å²) in [6.45, 7) is 3.90. The highest BCUT2D eigenvalue weighted by Gasteiger charge is 2.44. The zero-order valence-corrected chi connectivity index (χ0v) is 17.3. The number of rotatable bonds is 8. The number of nitro benzene ring substituents is 1. The van der Waals surface area contributed by atoms with Gasteiger partial charge in [-0.1, -0.05) is 12.1 Å². The molecule has 2 aliphatic heterocycles. The molecule has 1 N–H and O–H groups in total. The third-order valence-electron chi connectivity index (χ3n) is 5.67. The molecule has 32 heavy (non-hydrogen) atoms. The lowest BCUT2D eigenvalue weighted by atomic mass is 9.94. The van der Waals surface area contributed by atoms with Gasteiger partial charge in [0.05, 0.1) is 36.0 Å². The minimum Gasteiger partial charge on any atom is -0.503 e. The molecule has 1 amide bonds. The highest BCUT2D eigenvalue weighted by atomic mass is 16.6. The van der Waals surface area contributed by atoms with Crippen LogP contribution in [-0.4, -0.2) is 70.9 Å². The summed E-state index contributed by atoms with van der Waals surface area (Å²) in [6.07, 6.45) is 1.93. The van der Waals surface area contributed by atoms with E-state index in [4.69, 9.17) is 9.15 Å². The lowest BCUT2D eigenvalue weighted by Crippen LogP contribution is -2.39. The fourth-order valence-corrected chi connectivity index (χ4v) is 4.10. The minimum atomic E-state index is -0.954. The number of nitro groups is 1. The molecule has 0 unspecified atom stereocenters. The summed E-state index contributed by atoms with van der Waals surface area (Å²) in [5.74, 6) is -1.99. The number of furan rings is 1. The molecule has 3 heterocycles. The number of benzene rings is 1. The summed E-state index contributed by atoms with van der Waals surface area (Å²) in [5, 5.41) is 21.9. The van der Waals surface area contributed by atoms with E-state index < -0.39 is 28.4 Å². The molecule has 1 saturated heterocycles. The monoisotopic (exact) mass is 441 g/mol. The van der Waals surface area contributed by atoms with Gasteiger partial charge >= 0.3 is 0 Å². The molecule has 10 heteroatoms. The Morgan fingerprint density at radius 1 is 1.19 bits per heavy atom. The summed E-state index contributed by atoms with van der Waals surface area (Å²) in [7, 11) is 0. The molecule has 1 aromatic carbocycles. The molecule has 1 atom stereocenters. The van der Waals surface area contributed by atoms with Gasteiger partial charge in [-0.15, -0.1) is 0 Å². The Bertz CT molecular complexity index is 1040. The van der Waals surface area contributed by atoms with Crippen molar-refractivity contribution in [2.45, 2.75) is 12.5 Å². The van der Waals surface area contributed by atoms with Crippen molar-refractivity contribution in [3.8, 4) is 0 Å². The molecule has 2 aromatic rings. The molecule has 10 nitrogen and oxygen atoms in total. The number of Topliss-reactive ketones (excluding diaryl/α,β-unsaturated/α-hetero) is 1. The number of ketones is 1. The van der Waals surface area contributed by atoms with Crippen LogP contribution >= 0.6 is 0 Å². The molecule has 0 spiro atoms. The SMILES string of the molecule is O=C(C1=C(O)C(=O)N(CCCN2CCOCC2)[C@H]1c1cccc([N+](=O)[O-])c1)c1ccco1. The molecule has 0 radical (unpaired) electrons. The van der Waals surface area contributed by atoms with Crippen molar-refractivity contribution < 1.29 is 28.8 Å². The van der Waals surface area contributed by atoms with Gasteiger partial charge in [0.2, 0.25) is 5.78 Å². The summed E-state index contributed by atoms with van der Waals surface area (Å²) < 4.78 is 10.5. The maximum atomic E-state index is 13.1. The molecule has 0 aliphatic carbocycles. The second kappa shape index (κ2) is 9.33. The molecule has 2 aliphatic rings. The van der Waals surface area contributed by atoms with Gasteiger partial charge in [0.1, 0.15) is 0 Å². The van der Waals surface area contributed by atoms with Crippen molar-refractivity contribution in [3.63, 3.8) is 0 Å². The van der Waals surface area contributed by atoms with Crippen LogP contribution in [0.15, 0.2) is 58.4 Å². The van der Waals surface area contributed by atoms with Gasteiger partial charge in [0.25, 0.3) is 11.6 Å². The molecule has 1 aromatic heterocycles. The van der Waals surface area contributed by atoms with Gasteiger partial charge in [-0.2, -0.15) is 0 Å². The van der Waals surface area contributed by atoms with Gasteiger partial charge in [-0.05, 0) is 24.1 Å². The molecular weight excluding hydrogens is 418 g/mol. The Morgan fingerprint density at radius 3 is 2.66 bits per heavy atom. The molecule has 1 fully saturated rings. The number of amides is 1. The van der Waals surface area contributed by atoms with Crippen molar-refractivity contribution in [3.05, 3.63) is 75.4 Å². The zero-order chi connectivity index (χ0) is 22.7. The Labute approximate surface area is 183 Å². The standard InChI is InChI=1S/C22H23N3O7/c26-20(17-6-2-11-32-17)18-19(15-4-1-5-16(14-15)25(29)30)24(22(28)21(18)27)8-3-7-23-9-12-31-13-10-23/h1-2,4-6,11,14,19,27H,3,7-10,12-13H2/t19-/m0/s1. The maximum absolute atomic E-state index is 13.1. The number of carbonyl (C=O) groups is 2. The van der Waals surface area contributed by atoms with E-state index in [1.54, 1.807) is 6.07 Å². The lowest BCUT2D eigenvalue weighted by molar-refractivity contribution is -0.384.